The zero-order valence-corrected chi connectivity index (χ0v) is 17.0. The molecule has 2 aromatic carbocycles. The van der Waals surface area contributed by atoms with Crippen molar-refractivity contribution in [3.63, 3.8) is 0 Å². The smallest absolute Gasteiger partial charge is 0.266 e. The molecule has 3 rings (SSSR count). The van der Waals surface area contributed by atoms with E-state index in [1.165, 1.54) is 0 Å². The number of nitriles is 1. The van der Waals surface area contributed by atoms with Gasteiger partial charge in [0.1, 0.15) is 17.4 Å². The van der Waals surface area contributed by atoms with Gasteiger partial charge in [-0.25, -0.2) is 0 Å². The Labute approximate surface area is 170 Å². The summed E-state index contributed by atoms with van der Waals surface area (Å²) in [7, 11) is 1.56. The van der Waals surface area contributed by atoms with Gasteiger partial charge in [0, 0.05) is 28.8 Å². The minimum atomic E-state index is -0.457. The first kappa shape index (κ1) is 20.0. The Kier molecular flexibility index (Phi) is 5.85. The molecule has 0 spiro atoms. The molecule has 5 heteroatoms. The average Bonchev–Trinajstić information content (AvgIpc) is 2.99. The first-order chi connectivity index (χ1) is 13.9. The number of anilines is 1. The first-order valence-electron chi connectivity index (χ1n) is 9.26. The number of nitrogens with zero attached hydrogens (tertiary/aromatic N) is 2. The monoisotopic (exact) mass is 385 g/mol. The highest BCUT2D eigenvalue weighted by Gasteiger charge is 2.15. The van der Waals surface area contributed by atoms with Gasteiger partial charge in [0.2, 0.25) is 0 Å². The molecule has 3 aromatic rings. The van der Waals surface area contributed by atoms with E-state index in [1.54, 1.807) is 37.5 Å². The fourth-order valence-electron chi connectivity index (χ4n) is 3.32. The van der Waals surface area contributed by atoms with Gasteiger partial charge < -0.3 is 14.6 Å². The highest BCUT2D eigenvalue weighted by Crippen LogP contribution is 2.25. The largest absolute Gasteiger partial charge is 0.497 e. The molecule has 29 heavy (non-hydrogen) atoms. The number of hydrogen-bond donors (Lipinski definition) is 1. The van der Waals surface area contributed by atoms with Gasteiger partial charge >= 0.3 is 0 Å². The van der Waals surface area contributed by atoms with E-state index in [-0.39, 0.29) is 5.57 Å². The maximum absolute atomic E-state index is 12.6. The summed E-state index contributed by atoms with van der Waals surface area (Å²) >= 11 is 0. The van der Waals surface area contributed by atoms with Crippen LogP contribution in [0, 0.1) is 32.1 Å². The Hall–Kier alpha value is -3.78. The van der Waals surface area contributed by atoms with E-state index in [0.717, 1.165) is 28.2 Å². The molecule has 1 heterocycles. The molecule has 0 atom stereocenters. The molecule has 1 amide bonds. The van der Waals surface area contributed by atoms with Crippen molar-refractivity contribution in [1.82, 2.24) is 4.57 Å². The molecule has 0 fully saturated rings. The molecule has 0 saturated heterocycles. The summed E-state index contributed by atoms with van der Waals surface area (Å²) in [5, 5.41) is 12.3. The summed E-state index contributed by atoms with van der Waals surface area (Å²) in [5.74, 6) is 0.175. The average molecular weight is 385 g/mol. The molecule has 0 bridgehead atoms. The molecule has 0 aliphatic heterocycles. The van der Waals surface area contributed by atoms with E-state index >= 15 is 0 Å². The Morgan fingerprint density at radius 2 is 1.86 bits per heavy atom. The number of carbonyl (C=O) groups excluding carboxylic acids is 1. The van der Waals surface area contributed by atoms with Crippen molar-refractivity contribution < 1.29 is 9.53 Å². The minimum absolute atomic E-state index is 0.0397. The van der Waals surface area contributed by atoms with E-state index in [9.17, 15) is 10.1 Å². The van der Waals surface area contributed by atoms with Crippen molar-refractivity contribution in [2.45, 2.75) is 20.8 Å². The Bertz CT molecular complexity index is 1130. The van der Waals surface area contributed by atoms with Crippen LogP contribution in [0.1, 0.15) is 22.5 Å². The van der Waals surface area contributed by atoms with Gasteiger partial charge in [0.25, 0.3) is 5.91 Å². The minimum Gasteiger partial charge on any atom is -0.497 e. The third-order valence-corrected chi connectivity index (χ3v) is 4.82. The van der Waals surface area contributed by atoms with Crippen molar-refractivity contribution in [3.05, 3.63) is 82.7 Å². The Balaban J connectivity index is 1.93. The maximum Gasteiger partial charge on any atom is 0.266 e. The van der Waals surface area contributed by atoms with Crippen LogP contribution in [0.4, 0.5) is 5.69 Å². The van der Waals surface area contributed by atoms with Crippen molar-refractivity contribution in [3.8, 4) is 17.5 Å². The number of para-hydroxylation sites is 1. The van der Waals surface area contributed by atoms with E-state index < -0.39 is 5.91 Å². The van der Waals surface area contributed by atoms with Crippen LogP contribution >= 0.6 is 0 Å². The van der Waals surface area contributed by atoms with Gasteiger partial charge in [0.05, 0.1) is 7.11 Å². The van der Waals surface area contributed by atoms with Crippen molar-refractivity contribution in [2.75, 3.05) is 12.4 Å². The summed E-state index contributed by atoms with van der Waals surface area (Å²) in [4.78, 5) is 12.6. The van der Waals surface area contributed by atoms with Crippen LogP contribution in [0.25, 0.3) is 11.8 Å². The molecule has 0 aliphatic carbocycles. The van der Waals surface area contributed by atoms with Crippen LogP contribution in [0.5, 0.6) is 5.75 Å². The van der Waals surface area contributed by atoms with Crippen LogP contribution in [-0.4, -0.2) is 17.6 Å². The van der Waals surface area contributed by atoms with Gasteiger partial charge in [-0.1, -0.05) is 24.3 Å². The van der Waals surface area contributed by atoms with Crippen LogP contribution in [-0.2, 0) is 4.79 Å². The number of ether oxygens (including phenoxy) is 1. The number of hydrogen-bond acceptors (Lipinski definition) is 3. The van der Waals surface area contributed by atoms with Gasteiger partial charge in [-0.3, -0.25) is 4.79 Å². The van der Waals surface area contributed by atoms with Gasteiger partial charge in [-0.15, -0.1) is 0 Å². The van der Waals surface area contributed by atoms with Gasteiger partial charge in [0.15, 0.2) is 0 Å². The van der Waals surface area contributed by atoms with Crippen molar-refractivity contribution in [2.24, 2.45) is 0 Å². The number of amides is 1. The summed E-state index contributed by atoms with van der Waals surface area (Å²) < 4.78 is 7.30. The van der Waals surface area contributed by atoms with Crippen molar-refractivity contribution in [1.29, 1.82) is 5.26 Å². The van der Waals surface area contributed by atoms with Crippen LogP contribution in [0.2, 0.25) is 0 Å². The van der Waals surface area contributed by atoms with Crippen LogP contribution in [0.3, 0.4) is 0 Å². The summed E-state index contributed by atoms with van der Waals surface area (Å²) in [5.41, 5.74) is 5.69. The molecule has 146 valence electrons. The number of nitrogens with one attached hydrogen (secondary N) is 1. The lowest BCUT2D eigenvalue weighted by Gasteiger charge is -2.12. The molecule has 0 aliphatic rings. The number of benzene rings is 2. The van der Waals surface area contributed by atoms with E-state index in [0.29, 0.717) is 11.4 Å². The molecular weight excluding hydrogens is 362 g/mol. The first-order valence-corrected chi connectivity index (χ1v) is 9.26. The van der Waals surface area contributed by atoms with Gasteiger partial charge in [-0.05, 0) is 62.2 Å². The zero-order valence-electron chi connectivity index (χ0n) is 17.0. The number of methoxy groups -OCH3 is 1. The molecule has 0 unspecified atom stereocenters. The van der Waals surface area contributed by atoms with E-state index in [4.69, 9.17) is 4.74 Å². The SMILES string of the molecule is COc1cccc(NC(=O)/C(C#N)=C\c2cc(C)n(-c3ccccc3C)c2C)c1. The van der Waals surface area contributed by atoms with Crippen LogP contribution in [0.15, 0.2) is 60.2 Å². The Morgan fingerprint density at radius 3 is 2.55 bits per heavy atom. The lowest BCUT2D eigenvalue weighted by molar-refractivity contribution is -0.112. The molecule has 1 N–H and O–H groups in total. The van der Waals surface area contributed by atoms with Crippen LogP contribution < -0.4 is 10.1 Å². The number of aryl methyl sites for hydroxylation is 2. The second kappa shape index (κ2) is 8.49. The highest BCUT2D eigenvalue weighted by molar-refractivity contribution is 6.09. The quantitative estimate of drug-likeness (QED) is 0.499. The standard InChI is InChI=1S/C24H23N3O2/c1-16-8-5-6-11-23(16)27-17(2)12-19(18(27)3)13-20(15-25)24(28)26-21-9-7-10-22(14-21)29-4/h5-14H,1-4H3,(H,26,28)/b20-13-. The Morgan fingerprint density at radius 1 is 1.10 bits per heavy atom. The molecule has 0 saturated carbocycles. The second-order valence-corrected chi connectivity index (χ2v) is 6.80. The highest BCUT2D eigenvalue weighted by atomic mass is 16.5. The predicted molar refractivity (Wildman–Crippen MR) is 115 cm³/mol. The molecule has 5 nitrogen and oxygen atoms in total. The second-order valence-electron chi connectivity index (χ2n) is 6.80. The van der Waals surface area contributed by atoms with E-state index in [1.807, 2.05) is 38.1 Å². The summed E-state index contributed by atoms with van der Waals surface area (Å²) in [6.45, 7) is 6.06. The lowest BCUT2D eigenvalue weighted by atomic mass is 10.1. The fraction of sp³-hybridized carbons (Fsp3) is 0.167. The summed E-state index contributed by atoms with van der Waals surface area (Å²) in [6, 6.07) is 19.1. The molecule has 0 radical (unpaired) electrons. The fourth-order valence-corrected chi connectivity index (χ4v) is 3.32. The topological polar surface area (TPSA) is 67.0 Å². The third-order valence-electron chi connectivity index (χ3n) is 4.82. The predicted octanol–water partition coefficient (Wildman–Crippen LogP) is 4.96. The lowest BCUT2D eigenvalue weighted by Crippen LogP contribution is -2.13. The van der Waals surface area contributed by atoms with Crippen molar-refractivity contribution >= 4 is 17.7 Å². The maximum atomic E-state index is 12.6. The van der Waals surface area contributed by atoms with E-state index in [2.05, 4.69) is 28.9 Å². The molecular formula is C24H23N3O2. The number of carbonyl (C=O) groups is 1. The molecule has 1 aromatic heterocycles. The number of aromatic nitrogens is 1. The zero-order chi connectivity index (χ0) is 21.0. The van der Waals surface area contributed by atoms with Gasteiger partial charge in [-0.2, -0.15) is 5.26 Å². The normalized spacial score (nSPS) is 11.1. The third kappa shape index (κ3) is 4.22. The summed E-state index contributed by atoms with van der Waals surface area (Å²) in [6.07, 6.45) is 1.63. The number of rotatable bonds is 5.